The number of hydrogen-bond donors (Lipinski definition) is 0. The lowest BCUT2D eigenvalue weighted by Gasteiger charge is -2.27. The van der Waals surface area contributed by atoms with Crippen molar-refractivity contribution in [3.8, 4) is 0 Å². The predicted octanol–water partition coefficient (Wildman–Crippen LogP) is 1.41. The third-order valence-corrected chi connectivity index (χ3v) is 1.82. The molecule has 0 N–H and O–H groups in total. The molecule has 0 aromatic rings. The molecule has 0 aliphatic heterocycles. The Kier molecular flexibility index (Phi) is 3.78. The number of hydrogen-bond acceptors (Lipinski definition) is 1. The SMILES string of the molecule is CC1=CC(=O)CC(C)(C)C1.[MgH2]. The Morgan fingerprint density at radius 3 is 2.27 bits per heavy atom. The highest BCUT2D eigenvalue weighted by Crippen LogP contribution is 2.32. The van der Waals surface area contributed by atoms with Gasteiger partial charge in [-0.05, 0) is 24.8 Å². The third-order valence-electron chi connectivity index (χ3n) is 1.82. The second kappa shape index (κ2) is 3.72. The van der Waals surface area contributed by atoms with Gasteiger partial charge < -0.3 is 0 Å². The monoisotopic (exact) mass is 164 g/mol. The molecule has 0 saturated carbocycles. The van der Waals surface area contributed by atoms with Crippen LogP contribution in [0.1, 0.15) is 33.6 Å². The van der Waals surface area contributed by atoms with Crippen molar-refractivity contribution in [3.63, 3.8) is 0 Å². The van der Waals surface area contributed by atoms with E-state index in [-0.39, 0.29) is 34.3 Å². The Balaban J connectivity index is 0.000001000. The van der Waals surface area contributed by atoms with E-state index in [1.54, 1.807) is 6.08 Å². The molecule has 0 spiro atoms. The molecule has 0 saturated heterocycles. The van der Waals surface area contributed by atoms with Gasteiger partial charge in [0.15, 0.2) is 5.78 Å². The zero-order valence-corrected chi connectivity index (χ0v) is 6.90. The lowest BCUT2D eigenvalue weighted by molar-refractivity contribution is -0.117. The smallest absolute Gasteiger partial charge is 0.295 e. The molecule has 0 unspecified atom stereocenters. The van der Waals surface area contributed by atoms with Gasteiger partial charge in [-0.2, -0.15) is 0 Å². The fourth-order valence-corrected chi connectivity index (χ4v) is 1.67. The lowest BCUT2D eigenvalue weighted by atomic mass is 9.77. The fourth-order valence-electron chi connectivity index (χ4n) is 1.67. The standard InChI is InChI=1S/C9H14O.Mg.2H/c1-7-4-8(10)6-9(2,3)5-7;;;/h4H,5-6H2,1-3H3;;;. The number of carbonyl (C=O) groups excluding carboxylic acids is 1. The lowest BCUT2D eigenvalue weighted by Crippen LogP contribution is -2.20. The first-order valence-corrected chi connectivity index (χ1v) is 3.70. The van der Waals surface area contributed by atoms with Gasteiger partial charge in [-0.1, -0.05) is 19.4 Å². The van der Waals surface area contributed by atoms with Crippen molar-refractivity contribution in [1.29, 1.82) is 0 Å². The van der Waals surface area contributed by atoms with E-state index in [2.05, 4.69) is 13.8 Å². The zero-order chi connectivity index (χ0) is 7.78. The van der Waals surface area contributed by atoms with Gasteiger partial charge in [-0.25, -0.2) is 0 Å². The van der Waals surface area contributed by atoms with E-state index in [1.807, 2.05) is 6.92 Å². The minimum absolute atomic E-state index is 0. The van der Waals surface area contributed by atoms with Crippen molar-refractivity contribution >= 4 is 28.8 Å². The molecule has 60 valence electrons. The van der Waals surface area contributed by atoms with Crippen LogP contribution < -0.4 is 0 Å². The molecule has 0 aromatic carbocycles. The summed E-state index contributed by atoms with van der Waals surface area (Å²) < 4.78 is 0. The minimum Gasteiger partial charge on any atom is -0.295 e. The minimum atomic E-state index is 0. The van der Waals surface area contributed by atoms with Gasteiger partial charge in [0, 0.05) is 6.42 Å². The van der Waals surface area contributed by atoms with E-state index in [0.717, 1.165) is 6.42 Å². The Morgan fingerprint density at radius 2 is 1.91 bits per heavy atom. The molecule has 0 amide bonds. The molecule has 1 rings (SSSR count). The maximum atomic E-state index is 11.0. The van der Waals surface area contributed by atoms with Crippen LogP contribution in [0.15, 0.2) is 11.6 Å². The van der Waals surface area contributed by atoms with Crippen molar-refractivity contribution < 1.29 is 4.79 Å². The second-order valence-electron chi connectivity index (χ2n) is 3.97. The summed E-state index contributed by atoms with van der Waals surface area (Å²) in [6, 6.07) is 0. The van der Waals surface area contributed by atoms with E-state index in [0.29, 0.717) is 6.42 Å². The predicted molar refractivity (Wildman–Crippen MR) is 50.3 cm³/mol. The van der Waals surface area contributed by atoms with Gasteiger partial charge in [0.1, 0.15) is 0 Å². The Bertz CT molecular complexity index is 192. The van der Waals surface area contributed by atoms with Crippen LogP contribution in [0.25, 0.3) is 0 Å². The van der Waals surface area contributed by atoms with Crippen LogP contribution in [0.4, 0.5) is 0 Å². The van der Waals surface area contributed by atoms with E-state index < -0.39 is 0 Å². The normalized spacial score (nSPS) is 22.1. The molecular formula is C9H16MgO. The van der Waals surface area contributed by atoms with Crippen LogP contribution in [0.2, 0.25) is 0 Å². The van der Waals surface area contributed by atoms with Gasteiger partial charge in [0.05, 0.1) is 0 Å². The van der Waals surface area contributed by atoms with Crippen LogP contribution in [-0.4, -0.2) is 28.8 Å². The molecule has 1 aliphatic rings. The summed E-state index contributed by atoms with van der Waals surface area (Å²) in [6.45, 7) is 6.31. The Hall–Kier alpha value is 0.176. The van der Waals surface area contributed by atoms with E-state index in [4.69, 9.17) is 0 Å². The molecule has 0 bridgehead atoms. The Labute approximate surface area is 84.4 Å². The molecule has 0 radical (unpaired) electrons. The summed E-state index contributed by atoms with van der Waals surface area (Å²) in [5, 5.41) is 0. The second-order valence-corrected chi connectivity index (χ2v) is 3.97. The van der Waals surface area contributed by atoms with E-state index in [1.165, 1.54) is 5.57 Å². The highest BCUT2D eigenvalue weighted by atomic mass is 24.3. The largest absolute Gasteiger partial charge is 0.316 e. The van der Waals surface area contributed by atoms with Gasteiger partial charge in [0.2, 0.25) is 0 Å². The molecule has 0 heterocycles. The van der Waals surface area contributed by atoms with Crippen LogP contribution in [0.3, 0.4) is 0 Å². The summed E-state index contributed by atoms with van der Waals surface area (Å²) in [5.74, 6) is 0.286. The van der Waals surface area contributed by atoms with Crippen LogP contribution in [-0.2, 0) is 4.79 Å². The summed E-state index contributed by atoms with van der Waals surface area (Å²) in [6.07, 6.45) is 3.55. The average Bonchev–Trinajstić information content (AvgIpc) is 1.54. The number of rotatable bonds is 0. The maximum Gasteiger partial charge on any atom is 0.316 e. The molecule has 11 heavy (non-hydrogen) atoms. The zero-order valence-electron chi connectivity index (χ0n) is 6.90. The van der Waals surface area contributed by atoms with Crippen molar-refractivity contribution in [3.05, 3.63) is 11.6 Å². The number of carbonyl (C=O) groups is 1. The first-order chi connectivity index (χ1) is 4.49. The Morgan fingerprint density at radius 1 is 1.36 bits per heavy atom. The molecule has 1 aliphatic carbocycles. The molecule has 0 aromatic heterocycles. The molecular weight excluding hydrogens is 148 g/mol. The third kappa shape index (κ3) is 3.39. The summed E-state index contributed by atoms with van der Waals surface area (Å²) in [7, 11) is 0. The van der Waals surface area contributed by atoms with Gasteiger partial charge in [0.25, 0.3) is 0 Å². The van der Waals surface area contributed by atoms with Crippen molar-refractivity contribution in [2.45, 2.75) is 33.6 Å². The van der Waals surface area contributed by atoms with Crippen LogP contribution in [0, 0.1) is 5.41 Å². The summed E-state index contributed by atoms with van der Waals surface area (Å²) >= 11 is 0. The maximum absolute atomic E-state index is 11.0. The first kappa shape index (κ1) is 11.2. The summed E-state index contributed by atoms with van der Waals surface area (Å²) in [5.41, 5.74) is 1.43. The molecule has 2 heteroatoms. The quantitative estimate of drug-likeness (QED) is 0.495. The average molecular weight is 165 g/mol. The molecule has 1 nitrogen and oxygen atoms in total. The number of ketones is 1. The van der Waals surface area contributed by atoms with Gasteiger partial charge in [-0.15, -0.1) is 0 Å². The molecule has 0 fully saturated rings. The highest BCUT2D eigenvalue weighted by Gasteiger charge is 2.25. The first-order valence-electron chi connectivity index (χ1n) is 3.70. The summed E-state index contributed by atoms with van der Waals surface area (Å²) in [4.78, 5) is 11.0. The van der Waals surface area contributed by atoms with E-state index >= 15 is 0 Å². The van der Waals surface area contributed by atoms with Crippen molar-refractivity contribution in [1.82, 2.24) is 0 Å². The van der Waals surface area contributed by atoms with Gasteiger partial charge >= 0.3 is 23.1 Å². The fraction of sp³-hybridized carbons (Fsp3) is 0.667. The van der Waals surface area contributed by atoms with Gasteiger partial charge in [-0.3, -0.25) is 4.79 Å². The number of allylic oxidation sites excluding steroid dienone is 2. The molecule has 0 atom stereocenters. The van der Waals surface area contributed by atoms with Crippen molar-refractivity contribution in [2.24, 2.45) is 5.41 Å². The van der Waals surface area contributed by atoms with Crippen molar-refractivity contribution in [2.75, 3.05) is 0 Å². The topological polar surface area (TPSA) is 17.1 Å². The van der Waals surface area contributed by atoms with Crippen LogP contribution in [0.5, 0.6) is 0 Å². The van der Waals surface area contributed by atoms with Crippen LogP contribution >= 0.6 is 0 Å². The highest BCUT2D eigenvalue weighted by molar-refractivity contribution is 5.91. The van der Waals surface area contributed by atoms with E-state index in [9.17, 15) is 4.79 Å².